The van der Waals surface area contributed by atoms with Gasteiger partial charge in [0, 0.05) is 32.2 Å². The molecule has 0 unspecified atom stereocenters. The number of halogens is 1. The quantitative estimate of drug-likeness (QED) is 0.768. The molecular formula is C21H28FN5O2. The van der Waals surface area contributed by atoms with Crippen LogP contribution in [-0.2, 0) is 11.2 Å². The van der Waals surface area contributed by atoms with Crippen molar-refractivity contribution < 1.29 is 13.9 Å². The van der Waals surface area contributed by atoms with E-state index >= 15 is 0 Å². The Hall–Kier alpha value is -2.32. The van der Waals surface area contributed by atoms with E-state index in [1.54, 1.807) is 17.2 Å². The zero-order valence-corrected chi connectivity index (χ0v) is 16.8. The first-order valence-corrected chi connectivity index (χ1v) is 10.4. The summed E-state index contributed by atoms with van der Waals surface area (Å²) in [5.74, 6) is -0.204. The standard InChI is InChI=1S/C21H28FN5O2/c1-16(14-17-4-2-3-5-19(17)22)25-8-6-18(7-9-25)27-15-20(23-24-27)21(28)26-10-12-29-13-11-26/h2-5,15-16,18H,6-14H2,1H3/t16-/m1/s1. The summed E-state index contributed by atoms with van der Waals surface area (Å²) in [7, 11) is 0. The molecule has 0 aliphatic carbocycles. The SMILES string of the molecule is C[C@H](Cc1ccccc1F)N1CCC(n2cc(C(=O)N3CCOCC3)nn2)CC1. The maximum atomic E-state index is 13.9. The van der Waals surface area contributed by atoms with Crippen LogP contribution in [0.15, 0.2) is 30.5 Å². The van der Waals surface area contributed by atoms with Crippen LogP contribution in [0.4, 0.5) is 4.39 Å². The lowest BCUT2D eigenvalue weighted by Crippen LogP contribution is -2.41. The maximum Gasteiger partial charge on any atom is 0.276 e. The minimum atomic E-state index is -0.130. The third-order valence-electron chi connectivity index (χ3n) is 6.00. The van der Waals surface area contributed by atoms with E-state index in [2.05, 4.69) is 22.1 Å². The smallest absolute Gasteiger partial charge is 0.276 e. The summed E-state index contributed by atoms with van der Waals surface area (Å²) < 4.78 is 21.1. The molecular weight excluding hydrogens is 373 g/mol. The molecule has 3 heterocycles. The van der Waals surface area contributed by atoms with Crippen LogP contribution in [0.1, 0.15) is 41.9 Å². The molecule has 0 radical (unpaired) electrons. The molecule has 2 aliphatic heterocycles. The van der Waals surface area contributed by atoms with Crippen molar-refractivity contribution in [2.24, 2.45) is 0 Å². The molecule has 1 amide bonds. The summed E-state index contributed by atoms with van der Waals surface area (Å²) in [4.78, 5) is 16.7. The van der Waals surface area contributed by atoms with Crippen LogP contribution in [0, 0.1) is 5.82 Å². The van der Waals surface area contributed by atoms with Crippen LogP contribution in [-0.4, -0.2) is 76.1 Å². The first kappa shape index (κ1) is 20.0. The fraction of sp³-hybridized carbons (Fsp3) is 0.571. The molecule has 2 fully saturated rings. The average molecular weight is 401 g/mol. The molecule has 0 bridgehead atoms. The highest BCUT2D eigenvalue weighted by molar-refractivity contribution is 5.92. The lowest BCUT2D eigenvalue weighted by Gasteiger charge is -2.36. The molecule has 4 rings (SSSR count). The second-order valence-corrected chi connectivity index (χ2v) is 7.90. The van der Waals surface area contributed by atoms with Crippen molar-refractivity contribution in [2.75, 3.05) is 39.4 Å². The molecule has 2 aliphatic rings. The number of amides is 1. The van der Waals surface area contributed by atoms with E-state index in [0.29, 0.717) is 38.4 Å². The number of aromatic nitrogens is 3. The molecule has 2 aromatic rings. The Labute approximate surface area is 170 Å². The molecule has 7 nitrogen and oxygen atoms in total. The minimum Gasteiger partial charge on any atom is -0.378 e. The van der Waals surface area contributed by atoms with Crippen molar-refractivity contribution in [3.63, 3.8) is 0 Å². The summed E-state index contributed by atoms with van der Waals surface area (Å²) in [5, 5.41) is 8.34. The van der Waals surface area contributed by atoms with E-state index in [1.165, 1.54) is 6.07 Å². The largest absolute Gasteiger partial charge is 0.378 e. The van der Waals surface area contributed by atoms with Gasteiger partial charge in [0.1, 0.15) is 5.82 Å². The predicted molar refractivity (Wildman–Crippen MR) is 106 cm³/mol. The molecule has 29 heavy (non-hydrogen) atoms. The topological polar surface area (TPSA) is 63.5 Å². The monoisotopic (exact) mass is 401 g/mol. The van der Waals surface area contributed by atoms with Gasteiger partial charge in [-0.1, -0.05) is 23.4 Å². The number of hydrogen-bond acceptors (Lipinski definition) is 5. The highest BCUT2D eigenvalue weighted by Gasteiger charge is 2.27. The van der Waals surface area contributed by atoms with Gasteiger partial charge < -0.3 is 14.5 Å². The number of ether oxygens (including phenoxy) is 1. The van der Waals surface area contributed by atoms with Crippen LogP contribution in [0.5, 0.6) is 0 Å². The van der Waals surface area contributed by atoms with E-state index in [9.17, 15) is 9.18 Å². The lowest BCUT2D eigenvalue weighted by atomic mass is 10.00. The molecule has 1 atom stereocenters. The van der Waals surface area contributed by atoms with Gasteiger partial charge in [-0.15, -0.1) is 5.10 Å². The van der Waals surface area contributed by atoms with E-state index in [4.69, 9.17) is 4.74 Å². The van der Waals surface area contributed by atoms with Gasteiger partial charge in [-0.25, -0.2) is 9.07 Å². The number of rotatable bonds is 5. The van der Waals surface area contributed by atoms with Crippen LogP contribution < -0.4 is 0 Å². The number of likely N-dealkylation sites (tertiary alicyclic amines) is 1. The van der Waals surface area contributed by atoms with E-state index in [-0.39, 0.29) is 23.8 Å². The summed E-state index contributed by atoms with van der Waals surface area (Å²) in [5.41, 5.74) is 1.17. The number of morpholine rings is 1. The first-order chi connectivity index (χ1) is 14.1. The fourth-order valence-electron chi connectivity index (χ4n) is 4.18. The number of carbonyl (C=O) groups is 1. The van der Waals surface area contributed by atoms with Crippen molar-refractivity contribution in [3.8, 4) is 0 Å². The van der Waals surface area contributed by atoms with Gasteiger partial charge in [-0.05, 0) is 37.8 Å². The van der Waals surface area contributed by atoms with Gasteiger partial charge in [0.05, 0.1) is 25.5 Å². The van der Waals surface area contributed by atoms with E-state index in [0.717, 1.165) is 31.5 Å². The van der Waals surface area contributed by atoms with Crippen LogP contribution >= 0.6 is 0 Å². The van der Waals surface area contributed by atoms with Crippen molar-refractivity contribution >= 4 is 5.91 Å². The number of nitrogens with zero attached hydrogens (tertiary/aromatic N) is 5. The Balaban J connectivity index is 1.31. The normalized spacial score (nSPS) is 20.0. The summed E-state index contributed by atoms with van der Waals surface area (Å²) in [6.07, 6.45) is 4.37. The molecule has 2 saturated heterocycles. The van der Waals surface area contributed by atoms with Gasteiger partial charge in [-0.2, -0.15) is 0 Å². The van der Waals surface area contributed by atoms with Crippen molar-refractivity contribution in [1.29, 1.82) is 0 Å². The summed E-state index contributed by atoms with van der Waals surface area (Å²) in [6.45, 7) is 6.35. The Morgan fingerprint density at radius 2 is 1.93 bits per heavy atom. The molecule has 1 aromatic carbocycles. The first-order valence-electron chi connectivity index (χ1n) is 10.4. The van der Waals surface area contributed by atoms with E-state index in [1.807, 2.05) is 16.8 Å². The van der Waals surface area contributed by atoms with Crippen molar-refractivity contribution in [1.82, 2.24) is 24.8 Å². The van der Waals surface area contributed by atoms with Crippen LogP contribution in [0.25, 0.3) is 0 Å². The van der Waals surface area contributed by atoms with Gasteiger partial charge in [0.15, 0.2) is 5.69 Å². The highest BCUT2D eigenvalue weighted by atomic mass is 19.1. The van der Waals surface area contributed by atoms with E-state index < -0.39 is 0 Å². The Morgan fingerprint density at radius 1 is 1.21 bits per heavy atom. The van der Waals surface area contributed by atoms with Crippen LogP contribution in [0.3, 0.4) is 0 Å². The molecule has 0 saturated carbocycles. The third-order valence-corrected chi connectivity index (χ3v) is 6.00. The van der Waals surface area contributed by atoms with Gasteiger partial charge in [-0.3, -0.25) is 4.79 Å². The Kier molecular flexibility index (Phi) is 6.20. The van der Waals surface area contributed by atoms with Gasteiger partial charge >= 0.3 is 0 Å². The lowest BCUT2D eigenvalue weighted by molar-refractivity contribution is 0.0299. The Bertz CT molecular complexity index is 828. The second-order valence-electron chi connectivity index (χ2n) is 7.90. The van der Waals surface area contributed by atoms with Crippen LogP contribution in [0.2, 0.25) is 0 Å². The third kappa shape index (κ3) is 4.64. The highest BCUT2D eigenvalue weighted by Crippen LogP contribution is 2.24. The number of carbonyl (C=O) groups excluding carboxylic acids is 1. The molecule has 156 valence electrons. The van der Waals surface area contributed by atoms with Crippen molar-refractivity contribution in [3.05, 3.63) is 47.5 Å². The predicted octanol–water partition coefficient (Wildman–Crippen LogP) is 2.16. The average Bonchev–Trinajstić information content (AvgIpc) is 3.26. The zero-order valence-electron chi connectivity index (χ0n) is 16.8. The molecule has 0 N–H and O–H groups in total. The van der Waals surface area contributed by atoms with Gasteiger partial charge in [0.2, 0.25) is 0 Å². The number of benzene rings is 1. The summed E-state index contributed by atoms with van der Waals surface area (Å²) >= 11 is 0. The molecule has 8 heteroatoms. The second kappa shape index (κ2) is 9.00. The van der Waals surface area contributed by atoms with Gasteiger partial charge in [0.25, 0.3) is 5.91 Å². The molecule has 1 aromatic heterocycles. The molecule has 0 spiro atoms. The number of hydrogen-bond donors (Lipinski definition) is 0. The summed E-state index contributed by atoms with van der Waals surface area (Å²) in [6, 6.07) is 7.52. The Morgan fingerprint density at radius 3 is 2.66 bits per heavy atom. The maximum absolute atomic E-state index is 13.9. The fourth-order valence-corrected chi connectivity index (χ4v) is 4.18. The number of piperidine rings is 1. The zero-order chi connectivity index (χ0) is 20.2. The van der Waals surface area contributed by atoms with Crippen molar-refractivity contribution in [2.45, 2.75) is 38.3 Å². The minimum absolute atomic E-state index is 0.0736.